The Labute approximate surface area is 153 Å². The van der Waals surface area contributed by atoms with Gasteiger partial charge in [-0.05, 0) is 31.4 Å². The van der Waals surface area contributed by atoms with Crippen LogP contribution < -0.4 is 0 Å². The first kappa shape index (κ1) is 19.3. The Balaban J connectivity index is 1.92. The monoisotopic (exact) mass is 384 g/mol. The summed E-state index contributed by atoms with van der Waals surface area (Å²) in [5.41, 5.74) is -0.510. The highest BCUT2D eigenvalue weighted by Crippen LogP contribution is 2.37. The Morgan fingerprint density at radius 2 is 2.15 bits per heavy atom. The number of carboxylic acids is 1. The average Bonchev–Trinajstić information content (AvgIpc) is 3.10. The van der Waals surface area contributed by atoms with Crippen molar-refractivity contribution >= 4 is 11.9 Å². The summed E-state index contributed by atoms with van der Waals surface area (Å²) in [6, 6.07) is 1.98. The summed E-state index contributed by atoms with van der Waals surface area (Å²) < 4.78 is 43.6. The molecule has 0 spiro atoms. The van der Waals surface area contributed by atoms with Gasteiger partial charge in [0.15, 0.2) is 0 Å². The number of rotatable bonds is 4. The predicted octanol–water partition coefficient (Wildman–Crippen LogP) is 2.95. The Kier molecular flexibility index (Phi) is 5.23. The molecule has 3 rings (SSSR count). The van der Waals surface area contributed by atoms with Crippen LogP contribution in [0.3, 0.4) is 0 Å². The zero-order valence-electron chi connectivity index (χ0n) is 14.6. The minimum Gasteiger partial charge on any atom is -0.478 e. The molecule has 0 bridgehead atoms. The Morgan fingerprint density at radius 3 is 2.67 bits per heavy atom. The molecular formula is C18H19F3N2O4. The van der Waals surface area contributed by atoms with Crippen molar-refractivity contribution in [2.24, 2.45) is 0 Å². The van der Waals surface area contributed by atoms with Gasteiger partial charge in [-0.15, -0.1) is 0 Å². The number of aromatic nitrogens is 1. The van der Waals surface area contributed by atoms with Crippen molar-refractivity contribution < 1.29 is 32.6 Å². The second-order valence-electron chi connectivity index (χ2n) is 6.67. The van der Waals surface area contributed by atoms with Crippen molar-refractivity contribution in [1.29, 1.82) is 0 Å². The lowest BCUT2D eigenvalue weighted by molar-refractivity contribution is -0.141. The molecule has 3 heterocycles. The van der Waals surface area contributed by atoms with Gasteiger partial charge in [0, 0.05) is 30.8 Å². The highest BCUT2D eigenvalue weighted by molar-refractivity contribution is 5.94. The summed E-state index contributed by atoms with van der Waals surface area (Å²) >= 11 is 0. The second-order valence-corrected chi connectivity index (χ2v) is 6.67. The number of hydrogen-bond donors (Lipinski definition) is 1. The minimum atomic E-state index is -4.58. The number of amides is 1. The largest absolute Gasteiger partial charge is 0.478 e. The molecule has 27 heavy (non-hydrogen) atoms. The van der Waals surface area contributed by atoms with Crippen LogP contribution in [-0.4, -0.2) is 46.1 Å². The smallest absolute Gasteiger partial charge is 0.433 e. The van der Waals surface area contributed by atoms with Crippen LogP contribution in [0.2, 0.25) is 0 Å². The van der Waals surface area contributed by atoms with E-state index < -0.39 is 23.8 Å². The molecule has 1 aromatic heterocycles. The molecule has 2 atom stereocenters. The molecule has 2 aliphatic rings. The molecular weight excluding hydrogens is 365 g/mol. The number of nitrogens with zero attached hydrogens (tertiary/aromatic N) is 2. The van der Waals surface area contributed by atoms with Gasteiger partial charge in [-0.1, -0.05) is 6.07 Å². The molecule has 6 nitrogen and oxygen atoms in total. The summed E-state index contributed by atoms with van der Waals surface area (Å²) in [5.74, 6) is -2.33. The molecule has 1 N–H and O–H groups in total. The van der Waals surface area contributed by atoms with E-state index in [4.69, 9.17) is 4.74 Å². The molecule has 0 aliphatic carbocycles. The molecule has 0 saturated carbocycles. The molecule has 0 radical (unpaired) electrons. The number of carbonyl (C=O) groups excluding carboxylic acids is 1. The van der Waals surface area contributed by atoms with Crippen molar-refractivity contribution in [2.45, 2.75) is 44.4 Å². The van der Waals surface area contributed by atoms with E-state index in [1.165, 1.54) is 11.0 Å². The van der Waals surface area contributed by atoms with Gasteiger partial charge < -0.3 is 14.7 Å². The third kappa shape index (κ3) is 3.97. The number of alkyl halides is 3. The Morgan fingerprint density at radius 1 is 1.41 bits per heavy atom. The number of carboxylic acid groups (broad SMARTS) is 1. The molecule has 0 aromatic carbocycles. The maximum atomic E-state index is 12.7. The Hall–Kier alpha value is -2.42. The standard InChI is InChI=1S/C18H19F3N2O4/c1-10-16(17(25)26)13(11-4-5-14(22-8-11)18(19,20)21)7-15(24)23(10)9-12-3-2-6-27-12/h4-5,8,12-13H,2-3,6-7,9H2,1H3,(H,25,26)/t12-,13+/m0/s1. The SMILES string of the molecule is CC1=C(C(=O)O)[C@@H](c2ccc(C(F)(F)F)nc2)CC(=O)N1C[C@@H]1CCCO1. The number of pyridine rings is 1. The first-order chi connectivity index (χ1) is 12.7. The summed E-state index contributed by atoms with van der Waals surface area (Å²) in [6.45, 7) is 2.43. The number of allylic oxidation sites excluding steroid dienone is 1. The van der Waals surface area contributed by atoms with E-state index >= 15 is 0 Å². The molecule has 146 valence electrons. The molecule has 1 aromatic rings. The lowest BCUT2D eigenvalue weighted by Crippen LogP contribution is -2.42. The first-order valence-electron chi connectivity index (χ1n) is 8.57. The topological polar surface area (TPSA) is 79.7 Å². The van der Waals surface area contributed by atoms with E-state index in [-0.39, 0.29) is 36.1 Å². The highest BCUT2D eigenvalue weighted by atomic mass is 19.4. The maximum Gasteiger partial charge on any atom is 0.433 e. The van der Waals surface area contributed by atoms with Crippen molar-refractivity contribution in [2.75, 3.05) is 13.2 Å². The van der Waals surface area contributed by atoms with E-state index in [2.05, 4.69) is 4.98 Å². The number of hydrogen-bond acceptors (Lipinski definition) is 4. The molecule has 1 saturated heterocycles. The summed E-state index contributed by atoms with van der Waals surface area (Å²) in [4.78, 5) is 29.2. The van der Waals surface area contributed by atoms with E-state index in [0.717, 1.165) is 25.1 Å². The van der Waals surface area contributed by atoms with Crippen LogP contribution in [0, 0.1) is 0 Å². The molecule has 0 unspecified atom stereocenters. The third-order valence-electron chi connectivity index (χ3n) is 4.94. The number of carbonyl (C=O) groups is 2. The maximum absolute atomic E-state index is 12.7. The fraction of sp³-hybridized carbons (Fsp3) is 0.500. The van der Waals surface area contributed by atoms with E-state index in [0.29, 0.717) is 12.3 Å². The predicted molar refractivity (Wildman–Crippen MR) is 87.6 cm³/mol. The van der Waals surface area contributed by atoms with Crippen molar-refractivity contribution in [3.05, 3.63) is 40.9 Å². The van der Waals surface area contributed by atoms with E-state index in [9.17, 15) is 27.9 Å². The normalized spacial score (nSPS) is 23.9. The van der Waals surface area contributed by atoms with Crippen LogP contribution in [0.25, 0.3) is 0 Å². The van der Waals surface area contributed by atoms with Crippen LogP contribution in [0.15, 0.2) is 29.6 Å². The molecule has 2 aliphatic heterocycles. The van der Waals surface area contributed by atoms with Crippen LogP contribution >= 0.6 is 0 Å². The van der Waals surface area contributed by atoms with Crippen molar-refractivity contribution in [3.63, 3.8) is 0 Å². The second kappa shape index (κ2) is 7.30. The molecule has 9 heteroatoms. The zero-order valence-corrected chi connectivity index (χ0v) is 14.6. The average molecular weight is 384 g/mol. The lowest BCUT2D eigenvalue weighted by Gasteiger charge is -2.35. The van der Waals surface area contributed by atoms with Crippen molar-refractivity contribution in [3.8, 4) is 0 Å². The van der Waals surface area contributed by atoms with Gasteiger partial charge >= 0.3 is 12.1 Å². The van der Waals surface area contributed by atoms with Gasteiger partial charge in [-0.2, -0.15) is 13.2 Å². The zero-order chi connectivity index (χ0) is 19.8. The minimum absolute atomic E-state index is 0.00541. The van der Waals surface area contributed by atoms with Crippen molar-refractivity contribution in [1.82, 2.24) is 9.88 Å². The highest BCUT2D eigenvalue weighted by Gasteiger charge is 2.38. The lowest BCUT2D eigenvalue weighted by atomic mass is 9.84. The molecule has 1 amide bonds. The van der Waals surface area contributed by atoms with Gasteiger partial charge in [0.05, 0.1) is 18.2 Å². The van der Waals surface area contributed by atoms with Gasteiger partial charge in [0.2, 0.25) is 5.91 Å². The van der Waals surface area contributed by atoms with Crippen LogP contribution in [0.4, 0.5) is 13.2 Å². The summed E-state index contributed by atoms with van der Waals surface area (Å²) in [5, 5.41) is 9.66. The van der Waals surface area contributed by atoms with Crippen LogP contribution in [0.5, 0.6) is 0 Å². The van der Waals surface area contributed by atoms with E-state index in [1.54, 1.807) is 6.92 Å². The fourth-order valence-corrected chi connectivity index (χ4v) is 3.57. The van der Waals surface area contributed by atoms with E-state index in [1.807, 2.05) is 0 Å². The quantitative estimate of drug-likeness (QED) is 0.863. The molecule has 1 fully saturated rings. The van der Waals surface area contributed by atoms with Gasteiger partial charge in [0.25, 0.3) is 0 Å². The summed E-state index contributed by atoms with van der Waals surface area (Å²) in [7, 11) is 0. The van der Waals surface area contributed by atoms with Gasteiger partial charge in [-0.25, -0.2) is 4.79 Å². The van der Waals surface area contributed by atoms with Gasteiger partial charge in [0.1, 0.15) is 5.69 Å². The number of halogens is 3. The number of aliphatic carboxylic acids is 1. The van der Waals surface area contributed by atoms with Crippen LogP contribution in [0.1, 0.15) is 43.4 Å². The first-order valence-corrected chi connectivity index (χ1v) is 8.57. The summed E-state index contributed by atoms with van der Waals surface area (Å²) in [6.07, 6.45) is -2.18. The Bertz CT molecular complexity index is 768. The third-order valence-corrected chi connectivity index (χ3v) is 4.94. The number of ether oxygens (including phenoxy) is 1. The van der Waals surface area contributed by atoms with Gasteiger partial charge in [-0.3, -0.25) is 9.78 Å². The fourth-order valence-electron chi connectivity index (χ4n) is 3.57. The van der Waals surface area contributed by atoms with Crippen LogP contribution in [-0.2, 0) is 20.5 Å².